The Kier molecular flexibility index (Phi) is 7.20. The summed E-state index contributed by atoms with van der Waals surface area (Å²) in [4.78, 5) is 10.9. The molecular formula is C29H26F4N2O4. The fourth-order valence-electron chi connectivity index (χ4n) is 5.15. The van der Waals surface area contributed by atoms with Crippen molar-refractivity contribution in [1.29, 1.82) is 0 Å². The highest BCUT2D eigenvalue weighted by molar-refractivity contribution is 5.94. The Bertz CT molecular complexity index is 1520. The van der Waals surface area contributed by atoms with Crippen molar-refractivity contribution in [2.45, 2.75) is 57.6 Å². The van der Waals surface area contributed by atoms with Crippen LogP contribution in [0.25, 0.3) is 22.2 Å². The van der Waals surface area contributed by atoms with Crippen LogP contribution in [0.4, 0.5) is 17.6 Å². The lowest BCUT2D eigenvalue weighted by Gasteiger charge is -2.14. The summed E-state index contributed by atoms with van der Waals surface area (Å²) >= 11 is 0. The number of aromatic hydroxyl groups is 1. The van der Waals surface area contributed by atoms with Gasteiger partial charge in [-0.15, -0.1) is 0 Å². The molecule has 0 amide bonds. The maximum absolute atomic E-state index is 14.7. The summed E-state index contributed by atoms with van der Waals surface area (Å²) in [6.45, 7) is 1.40. The lowest BCUT2D eigenvalue weighted by molar-refractivity contribution is -0.137. The SMILES string of the molecule is CC(CC(=O)O)c1cc(F)c(OCc2ccc3c(-c4cc(F)c(O)c(F)c4)nn(C4CCCC4)c3c2)c(F)c1. The van der Waals surface area contributed by atoms with Crippen LogP contribution in [0.2, 0.25) is 0 Å². The fourth-order valence-corrected chi connectivity index (χ4v) is 5.15. The number of ether oxygens (including phenoxy) is 1. The van der Waals surface area contributed by atoms with Crippen molar-refractivity contribution in [3.8, 4) is 22.8 Å². The molecule has 0 spiro atoms. The van der Waals surface area contributed by atoms with E-state index < -0.39 is 46.7 Å². The number of carbonyl (C=O) groups is 1. The van der Waals surface area contributed by atoms with Crippen LogP contribution in [0.3, 0.4) is 0 Å². The molecule has 1 aliphatic carbocycles. The number of aromatic nitrogens is 2. The second-order valence-corrected chi connectivity index (χ2v) is 9.97. The molecule has 39 heavy (non-hydrogen) atoms. The van der Waals surface area contributed by atoms with E-state index in [9.17, 15) is 27.5 Å². The third-order valence-electron chi connectivity index (χ3n) is 7.19. The van der Waals surface area contributed by atoms with Crippen LogP contribution in [0.1, 0.15) is 62.1 Å². The molecule has 1 heterocycles. The topological polar surface area (TPSA) is 84.6 Å². The van der Waals surface area contributed by atoms with Gasteiger partial charge in [0.1, 0.15) is 12.3 Å². The van der Waals surface area contributed by atoms with Gasteiger partial charge in [-0.3, -0.25) is 9.48 Å². The standard InChI is InChI=1S/C29H26F4N2O4/c1-15(8-26(36)37)17-10-23(32)29(24(33)11-17)39-14-16-6-7-20-25(9-16)35(19-4-2-3-5-19)34-27(20)18-12-21(30)28(38)22(31)13-18/h6-7,9-13,15,19,38H,2-5,8,14H2,1H3,(H,36,37). The van der Waals surface area contributed by atoms with Gasteiger partial charge in [0.25, 0.3) is 0 Å². The van der Waals surface area contributed by atoms with E-state index >= 15 is 0 Å². The van der Waals surface area contributed by atoms with E-state index in [1.165, 1.54) is 0 Å². The van der Waals surface area contributed by atoms with Crippen molar-refractivity contribution < 1.29 is 37.3 Å². The van der Waals surface area contributed by atoms with E-state index in [1.54, 1.807) is 25.1 Å². The zero-order chi connectivity index (χ0) is 27.8. The van der Waals surface area contributed by atoms with Crippen LogP contribution >= 0.6 is 0 Å². The number of aliphatic carboxylic acids is 1. The summed E-state index contributed by atoms with van der Waals surface area (Å²) in [7, 11) is 0. The molecule has 4 aromatic rings. The number of benzene rings is 3. The smallest absolute Gasteiger partial charge is 0.303 e. The molecule has 3 aromatic carbocycles. The molecule has 204 valence electrons. The molecule has 1 saturated carbocycles. The van der Waals surface area contributed by atoms with Crippen molar-refractivity contribution in [3.63, 3.8) is 0 Å². The highest BCUT2D eigenvalue weighted by Crippen LogP contribution is 2.38. The minimum absolute atomic E-state index is 0.0828. The van der Waals surface area contributed by atoms with Crippen LogP contribution in [0.15, 0.2) is 42.5 Å². The van der Waals surface area contributed by atoms with Crippen molar-refractivity contribution in [2.24, 2.45) is 0 Å². The van der Waals surface area contributed by atoms with E-state index in [2.05, 4.69) is 5.10 Å². The highest BCUT2D eigenvalue weighted by atomic mass is 19.1. The normalized spacial score (nSPS) is 14.7. The molecular weight excluding hydrogens is 516 g/mol. The molecule has 0 saturated heterocycles. The van der Waals surface area contributed by atoms with Gasteiger partial charge in [0.15, 0.2) is 34.8 Å². The minimum atomic E-state index is -1.09. The average molecular weight is 543 g/mol. The summed E-state index contributed by atoms with van der Waals surface area (Å²) in [6.07, 6.45) is 3.55. The van der Waals surface area contributed by atoms with Gasteiger partial charge in [0, 0.05) is 10.9 Å². The second kappa shape index (κ2) is 10.6. The molecule has 0 aliphatic heterocycles. The molecule has 1 unspecified atom stereocenters. The molecule has 10 heteroatoms. The van der Waals surface area contributed by atoms with Gasteiger partial charge in [0.05, 0.1) is 18.0 Å². The number of carboxylic acid groups (broad SMARTS) is 1. The van der Waals surface area contributed by atoms with Crippen LogP contribution < -0.4 is 4.74 Å². The Balaban J connectivity index is 1.47. The first-order valence-electron chi connectivity index (χ1n) is 12.7. The number of rotatable bonds is 8. The zero-order valence-electron chi connectivity index (χ0n) is 21.1. The molecule has 5 rings (SSSR count). The third kappa shape index (κ3) is 5.28. The summed E-state index contributed by atoms with van der Waals surface area (Å²) in [5.74, 6) is -7.32. The quantitative estimate of drug-likeness (QED) is 0.229. The first-order valence-corrected chi connectivity index (χ1v) is 12.7. The number of phenols is 1. The van der Waals surface area contributed by atoms with Gasteiger partial charge in [0.2, 0.25) is 0 Å². The second-order valence-electron chi connectivity index (χ2n) is 9.97. The molecule has 1 fully saturated rings. The van der Waals surface area contributed by atoms with Crippen LogP contribution in [0, 0.1) is 23.3 Å². The van der Waals surface area contributed by atoms with Crippen LogP contribution in [-0.4, -0.2) is 26.0 Å². The number of hydrogen-bond donors (Lipinski definition) is 2. The molecule has 0 bridgehead atoms. The van der Waals surface area contributed by atoms with E-state index in [1.807, 2.05) is 4.68 Å². The van der Waals surface area contributed by atoms with Crippen molar-refractivity contribution >= 4 is 16.9 Å². The van der Waals surface area contributed by atoms with Crippen molar-refractivity contribution in [2.75, 3.05) is 0 Å². The van der Waals surface area contributed by atoms with Crippen molar-refractivity contribution in [1.82, 2.24) is 9.78 Å². The lowest BCUT2D eigenvalue weighted by Crippen LogP contribution is -2.07. The van der Waals surface area contributed by atoms with Gasteiger partial charge >= 0.3 is 5.97 Å². The maximum Gasteiger partial charge on any atom is 0.303 e. The summed E-state index contributed by atoms with van der Waals surface area (Å²) in [6, 6.07) is 9.47. The van der Waals surface area contributed by atoms with Gasteiger partial charge in [-0.25, -0.2) is 17.6 Å². The summed E-state index contributed by atoms with van der Waals surface area (Å²) in [5, 5.41) is 23.8. The monoisotopic (exact) mass is 542 g/mol. The number of phenolic OH excluding ortho intramolecular Hbond substituents is 1. The van der Waals surface area contributed by atoms with Crippen LogP contribution in [0.5, 0.6) is 11.5 Å². The largest absolute Gasteiger partial charge is 0.503 e. The maximum atomic E-state index is 14.7. The number of carboxylic acids is 1. The number of nitrogens with zero attached hydrogens (tertiary/aromatic N) is 2. The van der Waals surface area contributed by atoms with E-state index in [-0.39, 0.29) is 30.2 Å². The first-order chi connectivity index (χ1) is 18.6. The lowest BCUT2D eigenvalue weighted by atomic mass is 9.97. The average Bonchev–Trinajstić information content (AvgIpc) is 3.54. The molecule has 2 N–H and O–H groups in total. The molecule has 1 aliphatic rings. The van der Waals surface area contributed by atoms with Crippen molar-refractivity contribution in [3.05, 3.63) is 76.9 Å². The van der Waals surface area contributed by atoms with E-state index in [4.69, 9.17) is 9.84 Å². The van der Waals surface area contributed by atoms with Gasteiger partial charge in [-0.05, 0) is 60.2 Å². The summed E-state index contributed by atoms with van der Waals surface area (Å²) in [5.41, 5.74) is 2.03. The van der Waals surface area contributed by atoms with Crippen LogP contribution in [-0.2, 0) is 11.4 Å². The number of fused-ring (bicyclic) bond motifs is 1. The Morgan fingerprint density at radius 1 is 1.03 bits per heavy atom. The number of hydrogen-bond acceptors (Lipinski definition) is 4. The predicted molar refractivity (Wildman–Crippen MR) is 136 cm³/mol. The minimum Gasteiger partial charge on any atom is -0.503 e. The Labute approximate surface area is 221 Å². The third-order valence-corrected chi connectivity index (χ3v) is 7.19. The Morgan fingerprint density at radius 3 is 2.28 bits per heavy atom. The van der Waals surface area contributed by atoms with Gasteiger partial charge in [-0.1, -0.05) is 31.9 Å². The molecule has 1 atom stereocenters. The van der Waals surface area contributed by atoms with E-state index in [0.717, 1.165) is 49.9 Å². The molecule has 6 nitrogen and oxygen atoms in total. The molecule has 0 radical (unpaired) electrons. The number of halogens is 4. The predicted octanol–water partition coefficient (Wildman–Crippen LogP) is 7.24. The summed E-state index contributed by atoms with van der Waals surface area (Å²) < 4.78 is 65.0. The van der Waals surface area contributed by atoms with Gasteiger partial charge < -0.3 is 14.9 Å². The Morgan fingerprint density at radius 2 is 1.67 bits per heavy atom. The highest BCUT2D eigenvalue weighted by Gasteiger charge is 2.24. The molecule has 1 aromatic heterocycles. The fraction of sp³-hybridized carbons (Fsp3) is 0.310. The Hall–Kier alpha value is -4.08. The first kappa shape index (κ1) is 26.5. The van der Waals surface area contributed by atoms with E-state index in [0.29, 0.717) is 22.2 Å². The zero-order valence-corrected chi connectivity index (χ0v) is 21.1. The van der Waals surface area contributed by atoms with Gasteiger partial charge in [-0.2, -0.15) is 5.10 Å².